The Labute approximate surface area is 119 Å². The molecule has 1 aromatic carbocycles. The van der Waals surface area contributed by atoms with Gasteiger partial charge in [0.1, 0.15) is 0 Å². The van der Waals surface area contributed by atoms with Crippen molar-refractivity contribution in [1.29, 1.82) is 0 Å². The number of nitrogens with two attached hydrogens (primary N) is 1. The normalized spacial score (nSPS) is 14.3. The molecule has 1 aromatic heterocycles. The number of unbranched alkanes of at least 4 members (excludes halogenated alkanes) is 1. The van der Waals surface area contributed by atoms with Crippen LogP contribution >= 0.6 is 0 Å². The van der Waals surface area contributed by atoms with E-state index in [1.807, 2.05) is 0 Å². The van der Waals surface area contributed by atoms with Crippen LogP contribution in [0.3, 0.4) is 0 Å². The van der Waals surface area contributed by atoms with Crippen molar-refractivity contribution in [3.63, 3.8) is 0 Å². The maximum absolute atomic E-state index is 5.76. The Balaban J connectivity index is 2.12. The number of nitrogen functional groups attached to an aromatic ring is 1. The van der Waals surface area contributed by atoms with Crippen molar-refractivity contribution >= 4 is 16.6 Å². The molecule has 0 bridgehead atoms. The summed E-state index contributed by atoms with van der Waals surface area (Å²) in [6.45, 7) is 3.55. The van der Waals surface area contributed by atoms with E-state index < -0.39 is 0 Å². The van der Waals surface area contributed by atoms with Crippen LogP contribution in [0.1, 0.15) is 36.6 Å². The first-order valence-electron chi connectivity index (χ1n) is 7.32. The third kappa shape index (κ3) is 2.37. The molecule has 0 unspecified atom stereocenters. The predicted octanol–water partition coefficient (Wildman–Crippen LogP) is 2.94. The first kappa shape index (κ1) is 13.3. The number of benzene rings is 1. The lowest BCUT2D eigenvalue weighted by Crippen LogP contribution is -2.18. The van der Waals surface area contributed by atoms with E-state index >= 15 is 0 Å². The second-order valence-electron chi connectivity index (χ2n) is 5.31. The number of anilines is 1. The summed E-state index contributed by atoms with van der Waals surface area (Å²) in [5, 5.41) is 1.10. The number of fused-ring (bicyclic) bond motifs is 2. The summed E-state index contributed by atoms with van der Waals surface area (Å²) in [5.74, 6) is 5.76. The van der Waals surface area contributed by atoms with E-state index in [-0.39, 0.29) is 0 Å². The van der Waals surface area contributed by atoms with Crippen molar-refractivity contribution in [3.8, 4) is 0 Å². The zero-order valence-corrected chi connectivity index (χ0v) is 11.9. The van der Waals surface area contributed by atoms with E-state index in [4.69, 9.17) is 15.6 Å². The average molecular weight is 271 g/mol. The fraction of sp³-hybridized carbons (Fsp3) is 0.438. The molecule has 2 aromatic rings. The molecule has 0 saturated carbocycles. The van der Waals surface area contributed by atoms with Gasteiger partial charge in [0.2, 0.25) is 0 Å². The highest BCUT2D eigenvalue weighted by Crippen LogP contribution is 2.31. The summed E-state index contributed by atoms with van der Waals surface area (Å²) in [7, 11) is 0. The first-order valence-corrected chi connectivity index (χ1v) is 7.32. The SMILES string of the molecule is CCCCc1ccc2nc3c(c(NN)c2c1)COCC3. The number of aryl methyl sites for hydroxylation is 1. The topological polar surface area (TPSA) is 60.2 Å². The lowest BCUT2D eigenvalue weighted by molar-refractivity contribution is 0.110. The molecule has 4 heteroatoms. The predicted molar refractivity (Wildman–Crippen MR) is 81.5 cm³/mol. The number of ether oxygens (including phenoxy) is 1. The van der Waals surface area contributed by atoms with Crippen molar-refractivity contribution in [2.24, 2.45) is 5.84 Å². The van der Waals surface area contributed by atoms with Crippen LogP contribution in [0.15, 0.2) is 18.2 Å². The third-order valence-electron chi connectivity index (χ3n) is 3.93. The third-order valence-corrected chi connectivity index (χ3v) is 3.93. The van der Waals surface area contributed by atoms with Gasteiger partial charge in [0, 0.05) is 17.4 Å². The van der Waals surface area contributed by atoms with Crippen LogP contribution in [0.5, 0.6) is 0 Å². The highest BCUT2D eigenvalue weighted by molar-refractivity contribution is 5.93. The molecule has 1 aliphatic rings. The molecule has 0 amide bonds. The maximum atomic E-state index is 5.76. The van der Waals surface area contributed by atoms with Gasteiger partial charge in [-0.2, -0.15) is 0 Å². The number of nitrogens with zero attached hydrogens (tertiary/aromatic N) is 1. The molecule has 4 nitrogen and oxygen atoms in total. The molecule has 0 saturated heterocycles. The summed E-state index contributed by atoms with van der Waals surface area (Å²) in [5.41, 5.74) is 8.41. The van der Waals surface area contributed by atoms with E-state index in [0.717, 1.165) is 47.3 Å². The molecule has 1 aliphatic heterocycles. The average Bonchev–Trinajstić information content (AvgIpc) is 2.50. The Morgan fingerprint density at radius 2 is 2.30 bits per heavy atom. The molecule has 2 heterocycles. The van der Waals surface area contributed by atoms with Gasteiger partial charge in [0.15, 0.2) is 0 Å². The molecule has 20 heavy (non-hydrogen) atoms. The molecule has 0 radical (unpaired) electrons. The minimum Gasteiger partial charge on any atom is -0.376 e. The van der Waals surface area contributed by atoms with Crippen molar-refractivity contribution in [3.05, 3.63) is 35.0 Å². The number of aromatic nitrogens is 1. The molecule has 0 spiro atoms. The van der Waals surface area contributed by atoms with Gasteiger partial charge >= 0.3 is 0 Å². The quantitative estimate of drug-likeness (QED) is 0.663. The Morgan fingerprint density at radius 1 is 1.40 bits per heavy atom. The first-order chi connectivity index (χ1) is 9.83. The minimum atomic E-state index is 0.594. The summed E-state index contributed by atoms with van der Waals surface area (Å²) >= 11 is 0. The fourth-order valence-electron chi connectivity index (χ4n) is 2.81. The van der Waals surface area contributed by atoms with Gasteiger partial charge in [-0.15, -0.1) is 0 Å². The number of hydrogen-bond acceptors (Lipinski definition) is 4. The van der Waals surface area contributed by atoms with Gasteiger partial charge in [-0.3, -0.25) is 10.8 Å². The number of hydrogen-bond donors (Lipinski definition) is 2. The molecule has 0 fully saturated rings. The standard InChI is InChI=1S/C16H21N3O/c1-2-3-4-11-5-6-14-12(9-11)16(19-17)13-10-20-8-7-15(13)18-14/h5-6,9H,2-4,7-8,10,17H2,1H3,(H,18,19). The van der Waals surface area contributed by atoms with Gasteiger partial charge in [-0.25, -0.2) is 0 Å². The lowest BCUT2D eigenvalue weighted by Gasteiger charge is -2.21. The summed E-state index contributed by atoms with van der Waals surface area (Å²) < 4.78 is 5.55. The lowest BCUT2D eigenvalue weighted by atomic mass is 10.00. The van der Waals surface area contributed by atoms with E-state index in [0.29, 0.717) is 6.61 Å². The summed E-state index contributed by atoms with van der Waals surface area (Å²) in [4.78, 5) is 4.77. The van der Waals surface area contributed by atoms with Crippen molar-refractivity contribution in [2.45, 2.75) is 39.2 Å². The van der Waals surface area contributed by atoms with Crippen LogP contribution in [-0.2, 0) is 24.2 Å². The fourth-order valence-corrected chi connectivity index (χ4v) is 2.81. The molecule has 3 rings (SSSR count). The van der Waals surface area contributed by atoms with Crippen molar-refractivity contribution < 1.29 is 4.74 Å². The molecular weight excluding hydrogens is 250 g/mol. The molecule has 3 N–H and O–H groups in total. The van der Waals surface area contributed by atoms with Crippen LogP contribution in [0.2, 0.25) is 0 Å². The maximum Gasteiger partial charge on any atom is 0.0755 e. The zero-order chi connectivity index (χ0) is 13.9. The van der Waals surface area contributed by atoms with Gasteiger partial charge in [0.05, 0.1) is 30.1 Å². The monoisotopic (exact) mass is 271 g/mol. The highest BCUT2D eigenvalue weighted by atomic mass is 16.5. The zero-order valence-electron chi connectivity index (χ0n) is 11.9. The van der Waals surface area contributed by atoms with Gasteiger partial charge in [-0.05, 0) is 30.5 Å². The van der Waals surface area contributed by atoms with Crippen LogP contribution in [-0.4, -0.2) is 11.6 Å². The van der Waals surface area contributed by atoms with Crippen LogP contribution in [0.25, 0.3) is 10.9 Å². The van der Waals surface area contributed by atoms with Gasteiger partial charge in [0.25, 0.3) is 0 Å². The highest BCUT2D eigenvalue weighted by Gasteiger charge is 2.18. The number of nitrogens with one attached hydrogen (secondary N) is 1. The van der Waals surface area contributed by atoms with E-state index in [9.17, 15) is 0 Å². The summed E-state index contributed by atoms with van der Waals surface area (Å²) in [6, 6.07) is 6.50. The molecule has 0 aliphatic carbocycles. The molecule has 0 atom stereocenters. The van der Waals surface area contributed by atoms with Crippen LogP contribution in [0.4, 0.5) is 5.69 Å². The van der Waals surface area contributed by atoms with Crippen molar-refractivity contribution in [1.82, 2.24) is 4.98 Å². The van der Waals surface area contributed by atoms with Crippen LogP contribution < -0.4 is 11.3 Å². The van der Waals surface area contributed by atoms with Gasteiger partial charge in [-0.1, -0.05) is 19.4 Å². The Kier molecular flexibility index (Phi) is 3.85. The van der Waals surface area contributed by atoms with Gasteiger partial charge < -0.3 is 10.2 Å². The summed E-state index contributed by atoms with van der Waals surface area (Å²) in [6.07, 6.45) is 4.37. The molecular formula is C16H21N3O. The molecule has 106 valence electrons. The van der Waals surface area contributed by atoms with E-state index in [1.165, 1.54) is 18.4 Å². The van der Waals surface area contributed by atoms with E-state index in [1.54, 1.807) is 0 Å². The van der Waals surface area contributed by atoms with Crippen molar-refractivity contribution in [2.75, 3.05) is 12.0 Å². The second-order valence-corrected chi connectivity index (χ2v) is 5.31. The smallest absolute Gasteiger partial charge is 0.0755 e. The Hall–Kier alpha value is -1.65. The number of pyridine rings is 1. The van der Waals surface area contributed by atoms with E-state index in [2.05, 4.69) is 30.5 Å². The largest absolute Gasteiger partial charge is 0.376 e. The number of rotatable bonds is 4. The number of hydrazine groups is 1. The Morgan fingerprint density at radius 3 is 3.10 bits per heavy atom. The van der Waals surface area contributed by atoms with Crippen LogP contribution in [0, 0.1) is 0 Å². The Bertz CT molecular complexity index is 625. The minimum absolute atomic E-state index is 0.594. The second kappa shape index (κ2) is 5.77.